The second kappa shape index (κ2) is 9.02. The van der Waals surface area contributed by atoms with Crippen LogP contribution in [0.4, 0.5) is 11.4 Å². The summed E-state index contributed by atoms with van der Waals surface area (Å²) in [6.07, 6.45) is 2.51. The van der Waals surface area contributed by atoms with E-state index in [0.29, 0.717) is 5.76 Å². The van der Waals surface area contributed by atoms with Gasteiger partial charge in [0, 0.05) is 5.69 Å². The minimum Gasteiger partial charge on any atom is -0.467 e. The fourth-order valence-corrected chi connectivity index (χ4v) is 3.39. The average Bonchev–Trinajstić information content (AvgIpc) is 3.20. The van der Waals surface area contributed by atoms with Gasteiger partial charge in [0.1, 0.15) is 5.76 Å². The molecule has 0 aliphatic heterocycles. The molecule has 1 aromatic heterocycles. The first-order valence-electron chi connectivity index (χ1n) is 8.71. The van der Waals surface area contributed by atoms with E-state index in [1.165, 1.54) is 24.5 Å². The van der Waals surface area contributed by atoms with Gasteiger partial charge in [0.2, 0.25) is 10.0 Å². The number of amides is 2. The molecule has 3 rings (SSSR count). The van der Waals surface area contributed by atoms with Crippen molar-refractivity contribution in [3.63, 3.8) is 0 Å². The van der Waals surface area contributed by atoms with E-state index < -0.39 is 21.8 Å². The number of carbonyl (C=O) groups excluding carboxylic acids is 2. The maximum absolute atomic E-state index is 12.8. The molecule has 156 valence electrons. The molecule has 0 saturated heterocycles. The molecule has 0 saturated carbocycles. The Kier molecular flexibility index (Phi) is 6.43. The molecule has 30 heavy (non-hydrogen) atoms. The summed E-state index contributed by atoms with van der Waals surface area (Å²) in [4.78, 5) is 25.3. The lowest BCUT2D eigenvalue weighted by Crippen LogP contribution is -2.24. The maximum atomic E-state index is 12.8. The van der Waals surface area contributed by atoms with Crippen LogP contribution in [-0.2, 0) is 16.6 Å². The Morgan fingerprint density at radius 2 is 1.77 bits per heavy atom. The van der Waals surface area contributed by atoms with E-state index in [0.717, 1.165) is 6.26 Å². The molecule has 0 aliphatic rings. The summed E-state index contributed by atoms with van der Waals surface area (Å²) in [6.45, 7) is 0.194. The number of rotatable bonds is 7. The predicted molar refractivity (Wildman–Crippen MR) is 114 cm³/mol. The van der Waals surface area contributed by atoms with Crippen LogP contribution in [0.2, 0.25) is 5.02 Å². The summed E-state index contributed by atoms with van der Waals surface area (Å²) in [5, 5.41) is 5.49. The molecule has 3 N–H and O–H groups in total. The van der Waals surface area contributed by atoms with E-state index in [9.17, 15) is 18.0 Å². The quantitative estimate of drug-likeness (QED) is 0.512. The molecule has 0 fully saturated rings. The summed E-state index contributed by atoms with van der Waals surface area (Å²) >= 11 is 6.11. The van der Waals surface area contributed by atoms with Gasteiger partial charge in [-0.3, -0.25) is 14.3 Å². The van der Waals surface area contributed by atoms with Crippen molar-refractivity contribution in [1.29, 1.82) is 0 Å². The van der Waals surface area contributed by atoms with Crippen LogP contribution >= 0.6 is 11.6 Å². The van der Waals surface area contributed by atoms with Crippen molar-refractivity contribution in [1.82, 2.24) is 5.32 Å². The lowest BCUT2D eigenvalue weighted by molar-refractivity contribution is 0.0949. The molecule has 0 aliphatic carbocycles. The normalized spacial score (nSPS) is 11.0. The van der Waals surface area contributed by atoms with Crippen molar-refractivity contribution in [3.05, 3.63) is 82.8 Å². The highest BCUT2D eigenvalue weighted by molar-refractivity contribution is 7.92. The lowest BCUT2D eigenvalue weighted by Gasteiger charge is -2.13. The second-order valence-corrected chi connectivity index (χ2v) is 8.49. The molecule has 0 spiro atoms. The summed E-state index contributed by atoms with van der Waals surface area (Å²) in [5.41, 5.74) is 0.767. The Morgan fingerprint density at radius 1 is 1.00 bits per heavy atom. The molecular formula is C20H18ClN3O5S. The summed E-state index contributed by atoms with van der Waals surface area (Å²) in [6, 6.07) is 14.1. The third-order valence-electron chi connectivity index (χ3n) is 3.94. The highest BCUT2D eigenvalue weighted by Gasteiger charge is 2.17. The van der Waals surface area contributed by atoms with E-state index in [2.05, 4.69) is 15.4 Å². The van der Waals surface area contributed by atoms with Crippen LogP contribution < -0.4 is 15.4 Å². The predicted octanol–water partition coefficient (Wildman–Crippen LogP) is 3.49. The summed E-state index contributed by atoms with van der Waals surface area (Å²) in [5.74, 6) is -0.406. The molecule has 1 heterocycles. The smallest absolute Gasteiger partial charge is 0.257 e. The number of furan rings is 1. The largest absolute Gasteiger partial charge is 0.467 e. The highest BCUT2D eigenvalue weighted by Crippen LogP contribution is 2.23. The number of sulfonamides is 1. The number of anilines is 2. The molecule has 2 amide bonds. The fourth-order valence-electron chi connectivity index (χ4n) is 2.63. The number of para-hydroxylation sites is 1. The van der Waals surface area contributed by atoms with E-state index in [4.69, 9.17) is 16.0 Å². The minimum atomic E-state index is -3.52. The summed E-state index contributed by atoms with van der Waals surface area (Å²) < 4.78 is 30.3. The van der Waals surface area contributed by atoms with Gasteiger partial charge in [0.25, 0.3) is 11.8 Å². The van der Waals surface area contributed by atoms with E-state index in [-0.39, 0.29) is 34.1 Å². The Balaban J connectivity index is 1.79. The topological polar surface area (TPSA) is 118 Å². The molecule has 3 aromatic rings. The monoisotopic (exact) mass is 447 g/mol. The van der Waals surface area contributed by atoms with Crippen LogP contribution in [0.1, 0.15) is 26.5 Å². The van der Waals surface area contributed by atoms with Crippen molar-refractivity contribution >= 4 is 44.8 Å². The van der Waals surface area contributed by atoms with Gasteiger partial charge in [0.05, 0.1) is 40.9 Å². The Bertz CT molecular complexity index is 1180. The van der Waals surface area contributed by atoms with Gasteiger partial charge >= 0.3 is 0 Å². The van der Waals surface area contributed by atoms with Crippen LogP contribution in [-0.4, -0.2) is 26.5 Å². The zero-order valence-electron chi connectivity index (χ0n) is 15.8. The zero-order valence-corrected chi connectivity index (χ0v) is 17.4. The number of halogens is 1. The van der Waals surface area contributed by atoms with Gasteiger partial charge in [-0.05, 0) is 42.5 Å². The Labute approximate surface area is 178 Å². The van der Waals surface area contributed by atoms with Crippen LogP contribution in [0.5, 0.6) is 0 Å². The van der Waals surface area contributed by atoms with Crippen LogP contribution in [0.3, 0.4) is 0 Å². The Morgan fingerprint density at radius 3 is 2.47 bits per heavy atom. The minimum absolute atomic E-state index is 0.0520. The third-order valence-corrected chi connectivity index (χ3v) is 4.87. The number of nitrogens with one attached hydrogen (secondary N) is 3. The van der Waals surface area contributed by atoms with Gasteiger partial charge in [-0.25, -0.2) is 8.42 Å². The van der Waals surface area contributed by atoms with E-state index >= 15 is 0 Å². The standard InChI is InChI=1S/C20H18ClN3O5S/c1-30(27,28)24-13-8-9-17(21)16(11-13)20(26)23-18-7-3-2-6-15(18)19(25)22-12-14-5-4-10-29-14/h2-11,24H,12H2,1H3,(H,22,25)(H,23,26). The first kappa shape index (κ1) is 21.4. The Hall–Kier alpha value is -3.30. The van der Waals surface area contributed by atoms with Crippen molar-refractivity contribution < 1.29 is 22.4 Å². The highest BCUT2D eigenvalue weighted by atomic mass is 35.5. The first-order chi connectivity index (χ1) is 14.2. The SMILES string of the molecule is CS(=O)(=O)Nc1ccc(Cl)c(C(=O)Nc2ccccc2C(=O)NCc2ccco2)c1. The van der Waals surface area contributed by atoms with E-state index in [1.807, 2.05) is 0 Å². The maximum Gasteiger partial charge on any atom is 0.257 e. The zero-order chi connectivity index (χ0) is 21.7. The van der Waals surface area contributed by atoms with Crippen molar-refractivity contribution in [2.45, 2.75) is 6.54 Å². The molecule has 0 atom stereocenters. The number of hydrogen-bond donors (Lipinski definition) is 3. The fraction of sp³-hybridized carbons (Fsp3) is 0.100. The van der Waals surface area contributed by atoms with Gasteiger partial charge in [0.15, 0.2) is 0 Å². The number of hydrogen-bond acceptors (Lipinski definition) is 5. The van der Waals surface area contributed by atoms with Crippen LogP contribution in [0, 0.1) is 0 Å². The molecular weight excluding hydrogens is 430 g/mol. The molecule has 8 nitrogen and oxygen atoms in total. The van der Waals surface area contributed by atoms with Crippen LogP contribution in [0.15, 0.2) is 65.3 Å². The average molecular weight is 448 g/mol. The van der Waals surface area contributed by atoms with Crippen molar-refractivity contribution in [3.8, 4) is 0 Å². The molecule has 0 bridgehead atoms. The van der Waals surface area contributed by atoms with Crippen molar-refractivity contribution in [2.24, 2.45) is 0 Å². The van der Waals surface area contributed by atoms with Gasteiger partial charge in [-0.1, -0.05) is 23.7 Å². The first-order valence-corrected chi connectivity index (χ1v) is 11.0. The van der Waals surface area contributed by atoms with Gasteiger partial charge in [-0.2, -0.15) is 0 Å². The molecule has 0 unspecified atom stereocenters. The second-order valence-electron chi connectivity index (χ2n) is 6.33. The molecule has 2 aromatic carbocycles. The van der Waals surface area contributed by atoms with Gasteiger partial charge < -0.3 is 15.1 Å². The van der Waals surface area contributed by atoms with E-state index in [1.54, 1.807) is 36.4 Å². The third kappa shape index (κ3) is 5.62. The molecule has 0 radical (unpaired) electrons. The number of benzene rings is 2. The lowest BCUT2D eigenvalue weighted by atomic mass is 10.1. The summed E-state index contributed by atoms with van der Waals surface area (Å²) in [7, 11) is -3.52. The van der Waals surface area contributed by atoms with Gasteiger partial charge in [-0.15, -0.1) is 0 Å². The number of carbonyl (C=O) groups is 2. The molecule has 10 heteroatoms. The van der Waals surface area contributed by atoms with Crippen molar-refractivity contribution in [2.75, 3.05) is 16.3 Å². The van der Waals surface area contributed by atoms with Crippen LogP contribution in [0.25, 0.3) is 0 Å².